The van der Waals surface area contributed by atoms with Crippen molar-refractivity contribution < 1.29 is 0 Å². The van der Waals surface area contributed by atoms with E-state index in [2.05, 4.69) is 43.0 Å². The summed E-state index contributed by atoms with van der Waals surface area (Å²) in [4.78, 5) is 3.13. The third kappa shape index (κ3) is 7.01. The monoisotopic (exact) mass is 292 g/mol. The van der Waals surface area contributed by atoms with Gasteiger partial charge in [0.05, 0.1) is 4.99 Å². The summed E-state index contributed by atoms with van der Waals surface area (Å²) in [5.74, 6) is 0. The molecular weight excluding hydrogens is 264 g/mol. The Balaban J connectivity index is 2.55. The fourth-order valence-electron chi connectivity index (χ4n) is 2.26. The summed E-state index contributed by atoms with van der Waals surface area (Å²) < 4.78 is 0. The van der Waals surface area contributed by atoms with E-state index in [-0.39, 0.29) is 0 Å². The first-order chi connectivity index (χ1) is 9.65. The third-order valence-electron chi connectivity index (χ3n) is 3.46. The van der Waals surface area contributed by atoms with Gasteiger partial charge < -0.3 is 5.73 Å². The molecule has 0 aliphatic carbocycles. The molecule has 20 heavy (non-hydrogen) atoms. The Labute approximate surface area is 129 Å². The molecule has 2 N–H and O–H groups in total. The minimum absolute atomic E-state index is 0.560. The quantitative estimate of drug-likeness (QED) is 0.663. The second-order valence-corrected chi connectivity index (χ2v) is 5.97. The van der Waals surface area contributed by atoms with Gasteiger partial charge in [0.15, 0.2) is 0 Å². The van der Waals surface area contributed by atoms with Crippen LogP contribution in [0.2, 0.25) is 0 Å². The predicted octanol–water partition coefficient (Wildman–Crippen LogP) is 3.92. The molecule has 0 aliphatic rings. The van der Waals surface area contributed by atoms with Crippen LogP contribution in [-0.2, 0) is 13.0 Å². The highest BCUT2D eigenvalue weighted by Gasteiger charge is 2.05. The molecule has 0 aliphatic heterocycles. The van der Waals surface area contributed by atoms with E-state index in [1.54, 1.807) is 0 Å². The first-order valence-electron chi connectivity index (χ1n) is 7.74. The number of nitrogens with two attached hydrogens (primary N) is 1. The predicted molar refractivity (Wildman–Crippen MR) is 92.0 cm³/mol. The summed E-state index contributed by atoms with van der Waals surface area (Å²) in [6, 6.07) is 8.70. The van der Waals surface area contributed by atoms with Gasteiger partial charge >= 0.3 is 0 Å². The molecular formula is C17H28N2S. The first kappa shape index (κ1) is 17.1. The smallest absolute Gasteiger partial charge is 0.0771 e. The molecule has 0 aromatic heterocycles. The second-order valence-electron chi connectivity index (χ2n) is 5.44. The standard InChI is InChI=1S/C17H28N2S/c1-3-5-11-19(12-6-4-2)14-16-9-7-15(8-10-16)13-17(18)20/h7-10H,3-6,11-14H2,1-2H3,(H2,18,20). The highest BCUT2D eigenvalue weighted by Crippen LogP contribution is 2.10. The van der Waals surface area contributed by atoms with Crippen molar-refractivity contribution in [2.24, 2.45) is 5.73 Å². The number of unbranched alkanes of at least 4 members (excludes halogenated alkanes) is 2. The molecule has 0 fully saturated rings. The van der Waals surface area contributed by atoms with Crippen LogP contribution in [0.25, 0.3) is 0 Å². The number of thiocarbonyl (C=S) groups is 1. The van der Waals surface area contributed by atoms with Crippen LogP contribution < -0.4 is 5.73 Å². The molecule has 2 nitrogen and oxygen atoms in total. The van der Waals surface area contributed by atoms with Crippen molar-refractivity contribution in [2.75, 3.05) is 13.1 Å². The molecule has 0 saturated carbocycles. The minimum atomic E-state index is 0.560. The fourth-order valence-corrected chi connectivity index (χ4v) is 2.42. The molecule has 0 radical (unpaired) electrons. The lowest BCUT2D eigenvalue weighted by atomic mass is 10.1. The summed E-state index contributed by atoms with van der Waals surface area (Å²) in [6.45, 7) is 7.95. The van der Waals surface area contributed by atoms with Gasteiger partial charge in [-0.3, -0.25) is 4.90 Å². The van der Waals surface area contributed by atoms with Crippen LogP contribution in [0.1, 0.15) is 50.7 Å². The Morgan fingerprint density at radius 3 is 1.95 bits per heavy atom. The highest BCUT2D eigenvalue weighted by molar-refractivity contribution is 7.80. The van der Waals surface area contributed by atoms with Gasteiger partial charge in [0.25, 0.3) is 0 Å². The normalized spacial score (nSPS) is 10.9. The lowest BCUT2D eigenvalue weighted by Crippen LogP contribution is -2.25. The topological polar surface area (TPSA) is 29.3 Å². The van der Waals surface area contributed by atoms with Crippen LogP contribution in [0, 0.1) is 0 Å². The van der Waals surface area contributed by atoms with E-state index in [9.17, 15) is 0 Å². The lowest BCUT2D eigenvalue weighted by molar-refractivity contribution is 0.257. The van der Waals surface area contributed by atoms with Gasteiger partial charge in [-0.15, -0.1) is 0 Å². The van der Waals surface area contributed by atoms with Gasteiger partial charge in [0, 0.05) is 13.0 Å². The van der Waals surface area contributed by atoms with E-state index in [1.807, 2.05) is 0 Å². The zero-order chi connectivity index (χ0) is 14.8. The zero-order valence-corrected chi connectivity index (χ0v) is 13.7. The lowest BCUT2D eigenvalue weighted by Gasteiger charge is -2.22. The summed E-state index contributed by atoms with van der Waals surface area (Å²) in [5.41, 5.74) is 8.16. The van der Waals surface area contributed by atoms with E-state index < -0.39 is 0 Å². The number of rotatable bonds is 10. The summed E-state index contributed by atoms with van der Waals surface area (Å²) in [7, 11) is 0. The molecule has 1 aromatic rings. The van der Waals surface area contributed by atoms with E-state index in [4.69, 9.17) is 18.0 Å². The Kier molecular flexibility index (Phi) is 8.47. The Bertz CT molecular complexity index is 378. The largest absolute Gasteiger partial charge is 0.393 e. The molecule has 3 heteroatoms. The van der Waals surface area contributed by atoms with Crippen molar-refractivity contribution in [1.29, 1.82) is 0 Å². The number of nitrogens with zero attached hydrogens (tertiary/aromatic N) is 1. The van der Waals surface area contributed by atoms with Crippen LogP contribution >= 0.6 is 12.2 Å². The van der Waals surface area contributed by atoms with Gasteiger partial charge in [0.1, 0.15) is 0 Å². The number of hydrogen-bond donors (Lipinski definition) is 1. The maximum absolute atomic E-state index is 5.58. The Morgan fingerprint density at radius 2 is 1.50 bits per heavy atom. The molecule has 112 valence electrons. The SMILES string of the molecule is CCCCN(CCCC)Cc1ccc(CC(N)=S)cc1. The molecule has 0 bridgehead atoms. The molecule has 1 rings (SSSR count). The van der Waals surface area contributed by atoms with E-state index in [0.29, 0.717) is 11.4 Å². The third-order valence-corrected chi connectivity index (χ3v) is 3.61. The molecule has 0 heterocycles. The molecule has 1 aromatic carbocycles. The average Bonchev–Trinajstić information content (AvgIpc) is 2.43. The number of benzene rings is 1. The first-order valence-corrected chi connectivity index (χ1v) is 8.15. The van der Waals surface area contributed by atoms with Gasteiger partial charge in [-0.25, -0.2) is 0 Å². The average molecular weight is 292 g/mol. The minimum Gasteiger partial charge on any atom is -0.393 e. The van der Waals surface area contributed by atoms with Crippen LogP contribution in [0.5, 0.6) is 0 Å². The maximum Gasteiger partial charge on any atom is 0.0771 e. The van der Waals surface area contributed by atoms with Crippen molar-refractivity contribution in [1.82, 2.24) is 4.90 Å². The Hall–Kier alpha value is -0.930. The van der Waals surface area contributed by atoms with Crippen molar-refractivity contribution in [3.63, 3.8) is 0 Å². The molecule has 0 spiro atoms. The summed E-state index contributed by atoms with van der Waals surface area (Å²) in [5, 5.41) is 0. The van der Waals surface area contributed by atoms with Crippen LogP contribution in [0.4, 0.5) is 0 Å². The van der Waals surface area contributed by atoms with Crippen molar-refractivity contribution >= 4 is 17.2 Å². The van der Waals surface area contributed by atoms with E-state index in [0.717, 1.165) is 6.54 Å². The zero-order valence-electron chi connectivity index (χ0n) is 12.9. The molecule has 0 unspecified atom stereocenters. The second kappa shape index (κ2) is 9.89. The van der Waals surface area contributed by atoms with Crippen molar-refractivity contribution in [2.45, 2.75) is 52.5 Å². The fraction of sp³-hybridized carbons (Fsp3) is 0.588. The van der Waals surface area contributed by atoms with E-state index >= 15 is 0 Å². The molecule has 0 saturated heterocycles. The summed E-state index contributed by atoms with van der Waals surface area (Å²) in [6.07, 6.45) is 5.78. The molecule has 0 amide bonds. The van der Waals surface area contributed by atoms with Crippen LogP contribution in [0.15, 0.2) is 24.3 Å². The number of hydrogen-bond acceptors (Lipinski definition) is 2. The van der Waals surface area contributed by atoms with Crippen LogP contribution in [0.3, 0.4) is 0 Å². The van der Waals surface area contributed by atoms with Gasteiger partial charge in [-0.05, 0) is 37.1 Å². The Morgan fingerprint density at radius 1 is 1.00 bits per heavy atom. The molecule has 0 atom stereocenters. The van der Waals surface area contributed by atoms with E-state index in [1.165, 1.54) is 49.9 Å². The van der Waals surface area contributed by atoms with Crippen molar-refractivity contribution in [3.05, 3.63) is 35.4 Å². The maximum atomic E-state index is 5.58. The summed E-state index contributed by atoms with van der Waals surface area (Å²) >= 11 is 4.95. The van der Waals surface area contributed by atoms with Gasteiger partial charge in [-0.2, -0.15) is 0 Å². The van der Waals surface area contributed by atoms with Gasteiger partial charge in [0.2, 0.25) is 0 Å². The van der Waals surface area contributed by atoms with Crippen LogP contribution in [-0.4, -0.2) is 23.0 Å². The van der Waals surface area contributed by atoms with Crippen molar-refractivity contribution in [3.8, 4) is 0 Å². The van der Waals surface area contributed by atoms with Gasteiger partial charge in [-0.1, -0.05) is 63.2 Å². The highest BCUT2D eigenvalue weighted by atomic mass is 32.1.